The molecule has 0 aromatic rings. The number of aliphatic hydroxyl groups excluding tert-OH is 1. The summed E-state index contributed by atoms with van der Waals surface area (Å²) in [5.41, 5.74) is 0.0417. The molecule has 0 aromatic heterocycles. The molecule has 0 atom stereocenters. The third-order valence-corrected chi connectivity index (χ3v) is 2.45. The standard InChI is InChI=1S/C8H17NO2.ClH/c1-11-7-8(6-10)2-4-9-5-3-8;/h9-10H,2-7H2,1H3;1H. The van der Waals surface area contributed by atoms with Gasteiger partial charge in [0, 0.05) is 12.5 Å². The molecule has 3 nitrogen and oxygen atoms in total. The first kappa shape index (κ1) is 12.2. The van der Waals surface area contributed by atoms with Crippen molar-refractivity contribution >= 4 is 12.4 Å². The van der Waals surface area contributed by atoms with Gasteiger partial charge in [-0.15, -0.1) is 12.4 Å². The van der Waals surface area contributed by atoms with Gasteiger partial charge in [-0.1, -0.05) is 0 Å². The van der Waals surface area contributed by atoms with Gasteiger partial charge in [-0.25, -0.2) is 0 Å². The predicted octanol–water partition coefficient (Wildman–Crippen LogP) is 0.417. The number of methoxy groups -OCH3 is 1. The average Bonchev–Trinajstić information content (AvgIpc) is 2.07. The topological polar surface area (TPSA) is 41.5 Å². The maximum absolute atomic E-state index is 9.16. The molecule has 12 heavy (non-hydrogen) atoms. The first-order valence-corrected chi connectivity index (χ1v) is 4.13. The van der Waals surface area contributed by atoms with Crippen LogP contribution in [0.25, 0.3) is 0 Å². The molecule has 0 amide bonds. The van der Waals surface area contributed by atoms with E-state index in [1.54, 1.807) is 7.11 Å². The number of halogens is 1. The second-order valence-electron chi connectivity index (χ2n) is 3.34. The summed E-state index contributed by atoms with van der Waals surface area (Å²) in [5.74, 6) is 0. The average molecular weight is 196 g/mol. The van der Waals surface area contributed by atoms with Crippen LogP contribution in [0.1, 0.15) is 12.8 Å². The third-order valence-electron chi connectivity index (χ3n) is 2.45. The number of piperidine rings is 1. The van der Waals surface area contributed by atoms with Crippen LogP contribution in [0.2, 0.25) is 0 Å². The number of ether oxygens (including phenoxy) is 1. The van der Waals surface area contributed by atoms with Crippen molar-refractivity contribution in [2.24, 2.45) is 5.41 Å². The minimum Gasteiger partial charge on any atom is -0.396 e. The van der Waals surface area contributed by atoms with Gasteiger partial charge in [0.25, 0.3) is 0 Å². The van der Waals surface area contributed by atoms with Crippen molar-refractivity contribution in [2.75, 3.05) is 33.4 Å². The van der Waals surface area contributed by atoms with Crippen LogP contribution in [0.15, 0.2) is 0 Å². The van der Waals surface area contributed by atoms with Crippen LogP contribution in [-0.2, 0) is 4.74 Å². The molecule has 1 rings (SSSR count). The van der Waals surface area contributed by atoms with E-state index < -0.39 is 0 Å². The van der Waals surface area contributed by atoms with Gasteiger partial charge in [0.1, 0.15) is 0 Å². The van der Waals surface area contributed by atoms with E-state index in [9.17, 15) is 0 Å². The van der Waals surface area contributed by atoms with Crippen LogP contribution in [0.4, 0.5) is 0 Å². The van der Waals surface area contributed by atoms with Gasteiger partial charge in [-0.05, 0) is 25.9 Å². The Kier molecular flexibility index (Phi) is 5.84. The summed E-state index contributed by atoms with van der Waals surface area (Å²) >= 11 is 0. The van der Waals surface area contributed by atoms with Gasteiger partial charge >= 0.3 is 0 Å². The molecule has 1 aliphatic heterocycles. The number of hydrogen-bond donors (Lipinski definition) is 2. The van der Waals surface area contributed by atoms with Crippen molar-refractivity contribution in [3.8, 4) is 0 Å². The minimum absolute atomic E-state index is 0. The van der Waals surface area contributed by atoms with Gasteiger partial charge in [-0.2, -0.15) is 0 Å². The summed E-state index contributed by atoms with van der Waals surface area (Å²) in [7, 11) is 1.69. The summed E-state index contributed by atoms with van der Waals surface area (Å²) in [6.45, 7) is 2.95. The predicted molar refractivity (Wildman–Crippen MR) is 50.7 cm³/mol. The largest absolute Gasteiger partial charge is 0.396 e. The lowest BCUT2D eigenvalue weighted by Gasteiger charge is -2.35. The Bertz CT molecular complexity index is 110. The molecule has 0 unspecified atom stereocenters. The second kappa shape index (κ2) is 5.75. The van der Waals surface area contributed by atoms with Crippen LogP contribution in [-0.4, -0.2) is 38.5 Å². The van der Waals surface area contributed by atoms with Gasteiger partial charge in [0.05, 0.1) is 13.2 Å². The maximum Gasteiger partial charge on any atom is 0.0541 e. The van der Waals surface area contributed by atoms with Gasteiger partial charge in [-0.3, -0.25) is 0 Å². The van der Waals surface area contributed by atoms with Crippen LogP contribution in [0.5, 0.6) is 0 Å². The molecular formula is C8H18ClNO2. The van der Waals surface area contributed by atoms with E-state index in [1.807, 2.05) is 0 Å². The smallest absolute Gasteiger partial charge is 0.0541 e. The summed E-state index contributed by atoms with van der Waals surface area (Å²) < 4.78 is 5.09. The highest BCUT2D eigenvalue weighted by atomic mass is 35.5. The van der Waals surface area contributed by atoms with Gasteiger partial charge in [0.2, 0.25) is 0 Å². The molecule has 0 aliphatic carbocycles. The highest BCUT2D eigenvalue weighted by Crippen LogP contribution is 2.27. The molecule has 1 heterocycles. The van der Waals surface area contributed by atoms with Gasteiger partial charge < -0.3 is 15.2 Å². The number of rotatable bonds is 3. The quantitative estimate of drug-likeness (QED) is 0.686. The molecule has 4 heteroatoms. The monoisotopic (exact) mass is 195 g/mol. The molecule has 1 saturated heterocycles. The van der Waals surface area contributed by atoms with E-state index in [2.05, 4.69) is 5.32 Å². The van der Waals surface area contributed by atoms with E-state index in [-0.39, 0.29) is 24.4 Å². The van der Waals surface area contributed by atoms with Crippen molar-refractivity contribution < 1.29 is 9.84 Å². The van der Waals surface area contributed by atoms with Crippen LogP contribution < -0.4 is 5.32 Å². The summed E-state index contributed by atoms with van der Waals surface area (Å²) in [6, 6.07) is 0. The van der Waals surface area contributed by atoms with E-state index in [4.69, 9.17) is 9.84 Å². The molecule has 1 aliphatic rings. The van der Waals surface area contributed by atoms with Crippen LogP contribution in [0, 0.1) is 5.41 Å². The van der Waals surface area contributed by atoms with Crippen molar-refractivity contribution in [3.63, 3.8) is 0 Å². The Hall–Kier alpha value is 0.170. The zero-order valence-electron chi connectivity index (χ0n) is 7.51. The summed E-state index contributed by atoms with van der Waals surface area (Å²) in [6.07, 6.45) is 2.05. The number of hydrogen-bond acceptors (Lipinski definition) is 3. The molecule has 0 bridgehead atoms. The fourth-order valence-electron chi connectivity index (χ4n) is 1.61. The molecule has 0 spiro atoms. The fraction of sp³-hybridized carbons (Fsp3) is 1.00. The highest BCUT2D eigenvalue weighted by Gasteiger charge is 2.30. The molecular weight excluding hydrogens is 178 g/mol. The Morgan fingerprint density at radius 2 is 2.00 bits per heavy atom. The van der Waals surface area contributed by atoms with Crippen molar-refractivity contribution in [1.82, 2.24) is 5.32 Å². The normalized spacial score (nSPS) is 21.5. The fourth-order valence-corrected chi connectivity index (χ4v) is 1.61. The molecule has 1 fully saturated rings. The van der Waals surface area contributed by atoms with Crippen molar-refractivity contribution in [2.45, 2.75) is 12.8 Å². The maximum atomic E-state index is 9.16. The number of aliphatic hydroxyl groups is 1. The van der Waals surface area contributed by atoms with E-state index >= 15 is 0 Å². The Balaban J connectivity index is 0.00000121. The molecule has 74 valence electrons. The third kappa shape index (κ3) is 2.90. The Labute approximate surface area is 79.9 Å². The molecule has 2 N–H and O–H groups in total. The Morgan fingerprint density at radius 3 is 2.42 bits per heavy atom. The van der Waals surface area contributed by atoms with E-state index in [0.29, 0.717) is 6.61 Å². The lowest BCUT2D eigenvalue weighted by atomic mass is 9.80. The zero-order chi connectivity index (χ0) is 8.16. The molecule has 0 saturated carbocycles. The molecule has 0 aromatic carbocycles. The van der Waals surface area contributed by atoms with Crippen molar-refractivity contribution in [1.29, 1.82) is 0 Å². The molecule has 0 radical (unpaired) electrons. The van der Waals surface area contributed by atoms with E-state index in [1.165, 1.54) is 0 Å². The number of nitrogens with one attached hydrogen (secondary N) is 1. The highest BCUT2D eigenvalue weighted by molar-refractivity contribution is 5.85. The van der Waals surface area contributed by atoms with E-state index in [0.717, 1.165) is 25.9 Å². The van der Waals surface area contributed by atoms with Crippen molar-refractivity contribution in [3.05, 3.63) is 0 Å². The zero-order valence-corrected chi connectivity index (χ0v) is 8.32. The SMILES string of the molecule is COCC1(CO)CCNCC1.Cl. The second-order valence-corrected chi connectivity index (χ2v) is 3.34. The van der Waals surface area contributed by atoms with Gasteiger partial charge in [0.15, 0.2) is 0 Å². The summed E-state index contributed by atoms with van der Waals surface area (Å²) in [5, 5.41) is 12.4. The van der Waals surface area contributed by atoms with Crippen LogP contribution in [0.3, 0.4) is 0 Å². The minimum atomic E-state index is 0. The Morgan fingerprint density at radius 1 is 1.42 bits per heavy atom. The first-order valence-electron chi connectivity index (χ1n) is 4.13. The lowest BCUT2D eigenvalue weighted by Crippen LogP contribution is -2.42. The first-order chi connectivity index (χ1) is 5.33. The summed E-state index contributed by atoms with van der Waals surface area (Å²) in [4.78, 5) is 0. The van der Waals surface area contributed by atoms with Crippen LogP contribution >= 0.6 is 12.4 Å². The lowest BCUT2D eigenvalue weighted by molar-refractivity contribution is 0.00765.